The molecule has 1 aromatic carbocycles. The van der Waals surface area contributed by atoms with Crippen molar-refractivity contribution in [2.24, 2.45) is 11.8 Å². The summed E-state index contributed by atoms with van der Waals surface area (Å²) in [6.07, 6.45) is 6.50. The van der Waals surface area contributed by atoms with Gasteiger partial charge in [-0.3, -0.25) is 4.79 Å². The molecule has 0 aromatic heterocycles. The van der Waals surface area contributed by atoms with E-state index >= 15 is 0 Å². The first-order chi connectivity index (χ1) is 11.2. The number of carbonyl (C=O) groups is 1. The lowest BCUT2D eigenvalue weighted by atomic mass is 9.59. The Balaban J connectivity index is 1.62. The molecule has 0 spiro atoms. The van der Waals surface area contributed by atoms with Gasteiger partial charge in [0, 0.05) is 31.3 Å². The van der Waals surface area contributed by atoms with E-state index in [1.165, 1.54) is 31.5 Å². The summed E-state index contributed by atoms with van der Waals surface area (Å²) in [5, 5.41) is 0. The van der Waals surface area contributed by atoms with Crippen molar-refractivity contribution in [3.05, 3.63) is 29.8 Å². The largest absolute Gasteiger partial charge is 0.497 e. The number of fused-ring (bicyclic) bond motifs is 1. The zero-order chi connectivity index (χ0) is 15.9. The highest BCUT2D eigenvalue weighted by atomic mass is 16.5. The Kier molecular flexibility index (Phi) is 3.92. The van der Waals surface area contributed by atoms with E-state index in [1.54, 1.807) is 7.11 Å². The highest BCUT2D eigenvalue weighted by molar-refractivity contribution is 5.81. The molecule has 0 bridgehead atoms. The number of hydrogen-bond acceptors (Lipinski definition) is 3. The molecule has 2 atom stereocenters. The molecule has 0 unspecified atom stereocenters. The first kappa shape index (κ1) is 15.2. The van der Waals surface area contributed by atoms with Gasteiger partial charge in [0.1, 0.15) is 11.5 Å². The van der Waals surface area contributed by atoms with Crippen LogP contribution < -0.4 is 4.74 Å². The molecule has 0 radical (unpaired) electrons. The molecule has 2 saturated carbocycles. The summed E-state index contributed by atoms with van der Waals surface area (Å²) >= 11 is 0. The number of likely N-dealkylation sites (tertiary alicyclic amines) is 1. The Bertz CT molecular complexity index is 595. The van der Waals surface area contributed by atoms with Crippen LogP contribution in [0.1, 0.15) is 44.1 Å². The summed E-state index contributed by atoms with van der Waals surface area (Å²) in [4.78, 5) is 14.9. The molecule has 3 aliphatic rings. The van der Waals surface area contributed by atoms with Crippen molar-refractivity contribution in [3.8, 4) is 5.75 Å². The minimum absolute atomic E-state index is 0.0456. The molecule has 124 valence electrons. The van der Waals surface area contributed by atoms with Crippen molar-refractivity contribution in [3.63, 3.8) is 0 Å². The zero-order valence-corrected chi connectivity index (χ0v) is 14.1. The third-order valence-corrected chi connectivity index (χ3v) is 6.28. The van der Waals surface area contributed by atoms with Gasteiger partial charge in [-0.05, 0) is 61.8 Å². The third kappa shape index (κ3) is 2.91. The molecule has 23 heavy (non-hydrogen) atoms. The van der Waals surface area contributed by atoms with E-state index in [0.717, 1.165) is 43.9 Å². The van der Waals surface area contributed by atoms with E-state index in [0.29, 0.717) is 11.7 Å². The van der Waals surface area contributed by atoms with Crippen molar-refractivity contribution in [1.82, 2.24) is 4.90 Å². The first-order valence-electron chi connectivity index (χ1n) is 9.08. The molecule has 2 aliphatic carbocycles. The van der Waals surface area contributed by atoms with Gasteiger partial charge < -0.3 is 9.64 Å². The van der Waals surface area contributed by atoms with Gasteiger partial charge in [-0.1, -0.05) is 12.1 Å². The molecular weight excluding hydrogens is 286 g/mol. The highest BCUT2D eigenvalue weighted by Crippen LogP contribution is 2.49. The SMILES string of the molecule is COc1cccc([C@]23CCN(CC4CC4)C[C@@H]2CCC(=O)C3)c1. The monoisotopic (exact) mass is 313 g/mol. The number of rotatable bonds is 4. The predicted octanol–water partition coefficient (Wildman–Crippen LogP) is 3.42. The highest BCUT2D eigenvalue weighted by Gasteiger charge is 2.48. The van der Waals surface area contributed by atoms with Gasteiger partial charge in [0.05, 0.1) is 7.11 Å². The fraction of sp³-hybridized carbons (Fsp3) is 0.650. The van der Waals surface area contributed by atoms with Gasteiger partial charge in [-0.15, -0.1) is 0 Å². The van der Waals surface area contributed by atoms with Crippen LogP contribution in [0.3, 0.4) is 0 Å². The van der Waals surface area contributed by atoms with Gasteiger partial charge >= 0.3 is 0 Å². The summed E-state index contributed by atoms with van der Waals surface area (Å²) in [7, 11) is 1.72. The summed E-state index contributed by atoms with van der Waals surface area (Å²) in [6.45, 7) is 3.58. The maximum Gasteiger partial charge on any atom is 0.133 e. The second-order valence-electron chi connectivity index (χ2n) is 7.79. The van der Waals surface area contributed by atoms with Crippen LogP contribution in [0.2, 0.25) is 0 Å². The van der Waals surface area contributed by atoms with Crippen LogP contribution in [0.15, 0.2) is 24.3 Å². The van der Waals surface area contributed by atoms with Crippen LogP contribution in [0.5, 0.6) is 5.75 Å². The summed E-state index contributed by atoms with van der Waals surface area (Å²) in [5.74, 6) is 2.91. The molecule has 1 heterocycles. The molecule has 1 aliphatic heterocycles. The standard InChI is InChI=1S/C20H27NO2/c1-23-19-4-2-3-16(11-19)20-9-10-21(13-15-5-6-15)14-17(20)7-8-18(22)12-20/h2-4,11,15,17H,5-10,12-14H2,1H3/t17-,20+/m0/s1. The molecule has 0 N–H and O–H groups in total. The second kappa shape index (κ2) is 5.94. The van der Waals surface area contributed by atoms with Crippen molar-refractivity contribution in [1.29, 1.82) is 0 Å². The van der Waals surface area contributed by atoms with Crippen molar-refractivity contribution < 1.29 is 9.53 Å². The summed E-state index contributed by atoms with van der Waals surface area (Å²) < 4.78 is 5.44. The molecule has 3 heteroatoms. The maximum absolute atomic E-state index is 12.3. The number of carbonyl (C=O) groups excluding carboxylic acids is 1. The van der Waals surface area contributed by atoms with Crippen LogP contribution in [0, 0.1) is 11.8 Å². The van der Waals surface area contributed by atoms with Crippen LogP contribution >= 0.6 is 0 Å². The minimum atomic E-state index is 0.0456. The van der Waals surface area contributed by atoms with Gasteiger partial charge in [0.25, 0.3) is 0 Å². The van der Waals surface area contributed by atoms with Crippen molar-refractivity contribution in [2.75, 3.05) is 26.7 Å². The van der Waals surface area contributed by atoms with Crippen molar-refractivity contribution >= 4 is 5.78 Å². The summed E-state index contributed by atoms with van der Waals surface area (Å²) in [5.41, 5.74) is 1.37. The number of hydrogen-bond donors (Lipinski definition) is 0. The van der Waals surface area contributed by atoms with Gasteiger partial charge in [0.15, 0.2) is 0 Å². The Morgan fingerprint density at radius 2 is 2.17 bits per heavy atom. The number of ketones is 1. The van der Waals surface area contributed by atoms with Crippen LogP contribution in [0.25, 0.3) is 0 Å². The fourth-order valence-electron chi connectivity index (χ4n) is 4.76. The number of piperidine rings is 1. The van der Waals surface area contributed by atoms with Crippen LogP contribution in [-0.2, 0) is 10.2 Å². The normalized spacial score (nSPS) is 31.7. The van der Waals surface area contributed by atoms with Crippen molar-refractivity contribution in [2.45, 2.75) is 43.9 Å². The van der Waals surface area contributed by atoms with Gasteiger partial charge in [-0.2, -0.15) is 0 Å². The molecular formula is C20H27NO2. The first-order valence-corrected chi connectivity index (χ1v) is 9.08. The minimum Gasteiger partial charge on any atom is -0.497 e. The maximum atomic E-state index is 12.3. The van der Waals surface area contributed by atoms with Crippen LogP contribution in [-0.4, -0.2) is 37.4 Å². The van der Waals surface area contributed by atoms with E-state index in [2.05, 4.69) is 23.1 Å². The molecule has 1 saturated heterocycles. The lowest BCUT2D eigenvalue weighted by molar-refractivity contribution is -0.125. The van der Waals surface area contributed by atoms with E-state index in [-0.39, 0.29) is 5.41 Å². The van der Waals surface area contributed by atoms with E-state index in [1.807, 2.05) is 6.07 Å². The quantitative estimate of drug-likeness (QED) is 0.853. The average molecular weight is 313 g/mol. The average Bonchev–Trinajstić information content (AvgIpc) is 3.39. The van der Waals surface area contributed by atoms with Gasteiger partial charge in [0.2, 0.25) is 0 Å². The number of nitrogens with zero attached hydrogens (tertiary/aromatic N) is 1. The second-order valence-corrected chi connectivity index (χ2v) is 7.79. The van der Waals surface area contributed by atoms with E-state index in [9.17, 15) is 4.79 Å². The van der Waals surface area contributed by atoms with E-state index in [4.69, 9.17) is 4.74 Å². The Labute approximate surface area is 139 Å². The zero-order valence-electron chi connectivity index (χ0n) is 14.1. The topological polar surface area (TPSA) is 29.5 Å². The molecule has 3 nitrogen and oxygen atoms in total. The lowest BCUT2D eigenvalue weighted by Crippen LogP contribution is -2.53. The smallest absolute Gasteiger partial charge is 0.133 e. The van der Waals surface area contributed by atoms with Gasteiger partial charge in [-0.25, -0.2) is 0 Å². The molecule has 1 aromatic rings. The predicted molar refractivity (Wildman–Crippen MR) is 90.8 cm³/mol. The van der Waals surface area contributed by atoms with E-state index < -0.39 is 0 Å². The fourth-order valence-corrected chi connectivity index (χ4v) is 4.76. The van der Waals surface area contributed by atoms with Crippen LogP contribution in [0.4, 0.5) is 0 Å². The Hall–Kier alpha value is -1.35. The number of methoxy groups -OCH3 is 1. The number of ether oxygens (including phenoxy) is 1. The molecule has 3 fully saturated rings. The third-order valence-electron chi connectivity index (χ3n) is 6.28. The number of benzene rings is 1. The molecule has 4 rings (SSSR count). The Morgan fingerprint density at radius 3 is 2.96 bits per heavy atom. The Morgan fingerprint density at radius 1 is 1.30 bits per heavy atom. The number of Topliss-reactive ketones (excluding diaryl/α,β-unsaturated/α-hetero) is 1. The molecule has 0 amide bonds. The lowest BCUT2D eigenvalue weighted by Gasteiger charge is -2.50. The summed E-state index contributed by atoms with van der Waals surface area (Å²) in [6, 6.07) is 8.46.